The van der Waals surface area contributed by atoms with Crippen molar-refractivity contribution >= 4 is 5.97 Å². The van der Waals surface area contributed by atoms with Gasteiger partial charge in [-0.3, -0.25) is 0 Å². The zero-order chi connectivity index (χ0) is 14.0. The molecule has 0 unspecified atom stereocenters. The van der Waals surface area contributed by atoms with Crippen molar-refractivity contribution in [2.45, 2.75) is 20.3 Å². The highest BCUT2D eigenvalue weighted by atomic mass is 16.4. The summed E-state index contributed by atoms with van der Waals surface area (Å²) in [7, 11) is 0. The van der Waals surface area contributed by atoms with E-state index in [2.05, 4.69) is 0 Å². The summed E-state index contributed by atoms with van der Waals surface area (Å²) >= 11 is 0. The van der Waals surface area contributed by atoms with Crippen molar-refractivity contribution in [3.05, 3.63) is 64.2 Å². The summed E-state index contributed by atoms with van der Waals surface area (Å²) in [6.07, 6.45) is 0.527. The number of rotatable bonds is 3. The maximum Gasteiger partial charge on any atom is 0.339 e. The highest BCUT2D eigenvalue weighted by molar-refractivity contribution is 5.93. The summed E-state index contributed by atoms with van der Waals surface area (Å²) in [6.45, 7) is 3.68. The van der Waals surface area contributed by atoms with Gasteiger partial charge in [0.2, 0.25) is 0 Å². The molecule has 2 rings (SSSR count). The van der Waals surface area contributed by atoms with Crippen LogP contribution in [0.25, 0.3) is 0 Å². The Morgan fingerprint density at radius 3 is 2.32 bits per heavy atom. The first-order valence-corrected chi connectivity index (χ1v) is 6.10. The fourth-order valence-electron chi connectivity index (χ4n) is 2.16. The Hall–Kier alpha value is -2.29. The molecule has 0 saturated carbocycles. The van der Waals surface area contributed by atoms with E-state index in [-0.39, 0.29) is 11.3 Å². The molecule has 0 spiro atoms. The van der Waals surface area contributed by atoms with Crippen molar-refractivity contribution in [2.75, 3.05) is 0 Å². The lowest BCUT2D eigenvalue weighted by molar-refractivity contribution is 0.0692. The van der Waals surface area contributed by atoms with Gasteiger partial charge in [-0.25, -0.2) is 4.79 Å². The van der Waals surface area contributed by atoms with Crippen molar-refractivity contribution in [1.82, 2.24) is 0 Å². The third kappa shape index (κ3) is 2.60. The fraction of sp³-hybridized carbons (Fsp3) is 0.188. The van der Waals surface area contributed by atoms with Crippen LogP contribution < -0.4 is 0 Å². The van der Waals surface area contributed by atoms with Crippen LogP contribution in [0.5, 0.6) is 5.75 Å². The van der Waals surface area contributed by atoms with Crippen LogP contribution in [0.3, 0.4) is 0 Å². The molecule has 0 radical (unpaired) electrons. The Morgan fingerprint density at radius 1 is 1.00 bits per heavy atom. The second-order valence-corrected chi connectivity index (χ2v) is 4.67. The highest BCUT2D eigenvalue weighted by Gasteiger charge is 2.16. The quantitative estimate of drug-likeness (QED) is 0.885. The van der Waals surface area contributed by atoms with Gasteiger partial charge in [-0.2, -0.15) is 0 Å². The highest BCUT2D eigenvalue weighted by Crippen LogP contribution is 2.28. The molecule has 0 heterocycles. The van der Waals surface area contributed by atoms with Crippen molar-refractivity contribution in [3.63, 3.8) is 0 Å². The molecular weight excluding hydrogens is 240 g/mol. The molecule has 2 N–H and O–H groups in total. The maximum atomic E-state index is 11.2. The zero-order valence-corrected chi connectivity index (χ0v) is 11.0. The molecule has 0 aliphatic heterocycles. The second kappa shape index (κ2) is 5.14. The van der Waals surface area contributed by atoms with Gasteiger partial charge < -0.3 is 10.2 Å². The van der Waals surface area contributed by atoms with Crippen LogP contribution in [-0.2, 0) is 6.42 Å². The average molecular weight is 256 g/mol. The van der Waals surface area contributed by atoms with Gasteiger partial charge in [0.15, 0.2) is 0 Å². The third-order valence-corrected chi connectivity index (χ3v) is 3.33. The lowest BCUT2D eigenvalue weighted by Gasteiger charge is -2.11. The number of hydrogen-bond acceptors (Lipinski definition) is 2. The number of carboxylic acids is 1. The zero-order valence-electron chi connectivity index (χ0n) is 11.0. The summed E-state index contributed by atoms with van der Waals surface area (Å²) in [5.74, 6) is -1.22. The minimum absolute atomic E-state index is 0.00826. The molecule has 0 bridgehead atoms. The van der Waals surface area contributed by atoms with E-state index in [0.717, 1.165) is 11.1 Å². The molecule has 2 aromatic carbocycles. The second-order valence-electron chi connectivity index (χ2n) is 4.67. The average Bonchev–Trinajstić information content (AvgIpc) is 2.35. The van der Waals surface area contributed by atoms with Crippen LogP contribution in [-0.4, -0.2) is 16.2 Å². The van der Waals surface area contributed by atoms with Crippen LogP contribution in [0.1, 0.15) is 32.6 Å². The lowest BCUT2D eigenvalue weighted by atomic mass is 9.96. The minimum atomic E-state index is -1.10. The monoisotopic (exact) mass is 256 g/mol. The smallest absolute Gasteiger partial charge is 0.339 e. The molecule has 98 valence electrons. The van der Waals surface area contributed by atoms with Crippen LogP contribution in [0, 0.1) is 13.8 Å². The standard InChI is InChI=1S/C16H16O3/c1-10-5-3-4-6-12(10)9-13-8-7-11(2)14(15(13)17)16(18)19/h3-8,17H,9H2,1-2H3,(H,18,19). The van der Waals surface area contributed by atoms with Gasteiger partial charge in [0.1, 0.15) is 11.3 Å². The number of hydrogen-bond donors (Lipinski definition) is 2. The largest absolute Gasteiger partial charge is 0.507 e. The van der Waals surface area contributed by atoms with Crippen molar-refractivity contribution in [2.24, 2.45) is 0 Å². The van der Waals surface area contributed by atoms with E-state index in [1.54, 1.807) is 19.1 Å². The van der Waals surface area contributed by atoms with E-state index >= 15 is 0 Å². The molecule has 3 nitrogen and oxygen atoms in total. The molecule has 19 heavy (non-hydrogen) atoms. The van der Waals surface area contributed by atoms with E-state index in [9.17, 15) is 9.90 Å². The normalized spacial score (nSPS) is 10.4. The van der Waals surface area contributed by atoms with E-state index in [0.29, 0.717) is 17.5 Å². The molecule has 0 atom stereocenters. The fourth-order valence-corrected chi connectivity index (χ4v) is 2.16. The number of carbonyl (C=O) groups is 1. The summed E-state index contributed by atoms with van der Waals surface area (Å²) < 4.78 is 0. The van der Waals surface area contributed by atoms with Crippen molar-refractivity contribution < 1.29 is 15.0 Å². The van der Waals surface area contributed by atoms with Crippen molar-refractivity contribution in [3.8, 4) is 5.75 Å². The molecule has 0 saturated heterocycles. The molecule has 0 aliphatic carbocycles. The molecule has 0 aromatic heterocycles. The summed E-state index contributed by atoms with van der Waals surface area (Å²) in [4.78, 5) is 11.2. The van der Waals surface area contributed by atoms with Crippen LogP contribution in [0.2, 0.25) is 0 Å². The molecule has 0 amide bonds. The molecular formula is C16H16O3. The van der Waals surface area contributed by atoms with Gasteiger partial charge in [0.25, 0.3) is 0 Å². The third-order valence-electron chi connectivity index (χ3n) is 3.33. The first-order chi connectivity index (χ1) is 9.00. The van der Waals surface area contributed by atoms with E-state index in [1.165, 1.54) is 0 Å². The Balaban J connectivity index is 2.45. The summed E-state index contributed by atoms with van der Waals surface area (Å²) in [5.41, 5.74) is 3.40. The summed E-state index contributed by atoms with van der Waals surface area (Å²) in [6, 6.07) is 11.4. The Morgan fingerprint density at radius 2 is 1.68 bits per heavy atom. The maximum absolute atomic E-state index is 11.2. The minimum Gasteiger partial charge on any atom is -0.507 e. The van der Waals surface area contributed by atoms with Gasteiger partial charge in [-0.05, 0) is 36.1 Å². The Labute approximate surface area is 112 Å². The molecule has 3 heteroatoms. The van der Waals surface area contributed by atoms with Gasteiger partial charge in [-0.15, -0.1) is 0 Å². The van der Waals surface area contributed by atoms with E-state index in [1.807, 2.05) is 31.2 Å². The Bertz CT molecular complexity index is 630. The number of carboxylic acid groups (broad SMARTS) is 1. The number of phenols is 1. The van der Waals surface area contributed by atoms with E-state index < -0.39 is 5.97 Å². The number of aromatic hydroxyl groups is 1. The Kier molecular flexibility index (Phi) is 3.56. The van der Waals surface area contributed by atoms with Crippen LogP contribution in [0.15, 0.2) is 36.4 Å². The molecule has 0 fully saturated rings. The topological polar surface area (TPSA) is 57.5 Å². The SMILES string of the molecule is Cc1ccccc1Cc1ccc(C)c(C(=O)O)c1O. The van der Waals surface area contributed by atoms with Crippen LogP contribution >= 0.6 is 0 Å². The summed E-state index contributed by atoms with van der Waals surface area (Å²) in [5, 5.41) is 19.2. The van der Waals surface area contributed by atoms with E-state index in [4.69, 9.17) is 5.11 Å². The van der Waals surface area contributed by atoms with Gasteiger partial charge in [-0.1, -0.05) is 36.4 Å². The molecule has 0 aliphatic rings. The predicted molar refractivity (Wildman–Crippen MR) is 73.8 cm³/mol. The first-order valence-electron chi connectivity index (χ1n) is 6.10. The van der Waals surface area contributed by atoms with Crippen molar-refractivity contribution in [1.29, 1.82) is 0 Å². The van der Waals surface area contributed by atoms with Gasteiger partial charge in [0, 0.05) is 6.42 Å². The number of aromatic carboxylic acids is 1. The molecule has 2 aromatic rings. The first kappa shape index (κ1) is 13.1. The van der Waals surface area contributed by atoms with Gasteiger partial charge >= 0.3 is 5.97 Å². The van der Waals surface area contributed by atoms with Gasteiger partial charge in [0.05, 0.1) is 0 Å². The number of benzene rings is 2. The number of aryl methyl sites for hydroxylation is 2. The predicted octanol–water partition coefficient (Wildman–Crippen LogP) is 3.30. The lowest BCUT2D eigenvalue weighted by Crippen LogP contribution is -2.03. The van der Waals surface area contributed by atoms with Crippen LogP contribution in [0.4, 0.5) is 0 Å².